The number of phenolic OH excluding ortho intramolecular Hbond substituents is 1. The Morgan fingerprint density at radius 1 is 1.50 bits per heavy atom. The first-order chi connectivity index (χ1) is 8.56. The van der Waals surface area contributed by atoms with Gasteiger partial charge in [0.05, 0.1) is 17.9 Å². The number of carbonyl (C=O) groups is 1. The number of hydrogen-bond acceptors (Lipinski definition) is 4. The summed E-state index contributed by atoms with van der Waals surface area (Å²) in [4.78, 5) is 11.8. The summed E-state index contributed by atoms with van der Waals surface area (Å²) in [6.45, 7) is 0.338. The number of hydrogen-bond donors (Lipinski definition) is 3. The standard InChI is InChI=1S/C12H14N4O2/c1-16-5-4-9(15-16)7-14-12(18)8-2-3-10(13)11(17)6-8/h2-6,17H,7,13H2,1H3,(H,14,18). The number of nitrogens with one attached hydrogen (secondary N) is 1. The molecule has 18 heavy (non-hydrogen) atoms. The Morgan fingerprint density at radius 2 is 2.28 bits per heavy atom. The zero-order chi connectivity index (χ0) is 13.1. The molecule has 0 bridgehead atoms. The number of rotatable bonds is 3. The first-order valence-corrected chi connectivity index (χ1v) is 5.41. The molecule has 1 amide bonds. The average molecular weight is 246 g/mol. The minimum Gasteiger partial charge on any atom is -0.506 e. The van der Waals surface area contributed by atoms with Gasteiger partial charge in [-0.05, 0) is 24.3 Å². The number of aryl methyl sites for hydroxylation is 1. The molecule has 0 aliphatic carbocycles. The Hall–Kier alpha value is -2.50. The predicted molar refractivity (Wildman–Crippen MR) is 66.9 cm³/mol. The third-order valence-electron chi connectivity index (χ3n) is 2.49. The molecule has 0 saturated carbocycles. The van der Waals surface area contributed by atoms with Crippen LogP contribution in [0.25, 0.3) is 0 Å². The van der Waals surface area contributed by atoms with E-state index in [1.54, 1.807) is 16.9 Å². The van der Waals surface area contributed by atoms with Crippen molar-refractivity contribution < 1.29 is 9.90 Å². The number of phenols is 1. The van der Waals surface area contributed by atoms with Crippen molar-refractivity contribution >= 4 is 11.6 Å². The fourth-order valence-electron chi connectivity index (χ4n) is 1.52. The van der Waals surface area contributed by atoms with Crippen LogP contribution in [-0.4, -0.2) is 20.8 Å². The highest BCUT2D eigenvalue weighted by Crippen LogP contribution is 2.20. The minimum atomic E-state index is -0.282. The minimum absolute atomic E-state index is 0.0968. The second-order valence-electron chi connectivity index (χ2n) is 3.94. The van der Waals surface area contributed by atoms with Crippen LogP contribution in [0.2, 0.25) is 0 Å². The lowest BCUT2D eigenvalue weighted by atomic mass is 10.2. The summed E-state index contributed by atoms with van der Waals surface area (Å²) in [6, 6.07) is 6.21. The number of nitrogen functional groups attached to an aromatic ring is 1. The van der Waals surface area contributed by atoms with Gasteiger partial charge in [-0.3, -0.25) is 9.48 Å². The van der Waals surface area contributed by atoms with Crippen LogP contribution in [0, 0.1) is 0 Å². The largest absolute Gasteiger partial charge is 0.506 e. The van der Waals surface area contributed by atoms with Gasteiger partial charge in [0.15, 0.2) is 0 Å². The number of nitrogens with two attached hydrogens (primary N) is 1. The lowest BCUT2D eigenvalue weighted by molar-refractivity contribution is 0.0950. The number of aromatic nitrogens is 2. The molecule has 6 nitrogen and oxygen atoms in total. The summed E-state index contributed by atoms with van der Waals surface area (Å²) >= 11 is 0. The van der Waals surface area contributed by atoms with E-state index in [1.807, 2.05) is 13.1 Å². The molecule has 0 aliphatic rings. The van der Waals surface area contributed by atoms with Crippen molar-refractivity contribution in [2.75, 3.05) is 5.73 Å². The SMILES string of the molecule is Cn1ccc(CNC(=O)c2ccc(N)c(O)c2)n1. The highest BCUT2D eigenvalue weighted by molar-refractivity contribution is 5.95. The van der Waals surface area contributed by atoms with Crippen LogP contribution in [0.4, 0.5) is 5.69 Å². The van der Waals surface area contributed by atoms with Crippen LogP contribution in [0.1, 0.15) is 16.1 Å². The Kier molecular flexibility index (Phi) is 3.18. The molecule has 0 atom stereocenters. The van der Waals surface area contributed by atoms with E-state index in [0.29, 0.717) is 12.1 Å². The Balaban J connectivity index is 2.01. The maximum absolute atomic E-state index is 11.8. The van der Waals surface area contributed by atoms with E-state index in [1.165, 1.54) is 12.1 Å². The number of benzene rings is 1. The van der Waals surface area contributed by atoms with Crippen LogP contribution < -0.4 is 11.1 Å². The van der Waals surface area contributed by atoms with Crippen LogP contribution in [-0.2, 0) is 13.6 Å². The molecule has 1 aromatic carbocycles. The highest BCUT2D eigenvalue weighted by atomic mass is 16.3. The molecule has 0 fully saturated rings. The molecule has 94 valence electrons. The number of carbonyl (C=O) groups excluding carboxylic acids is 1. The molecular formula is C12H14N4O2. The fourth-order valence-corrected chi connectivity index (χ4v) is 1.52. The third kappa shape index (κ3) is 2.60. The van der Waals surface area contributed by atoms with E-state index in [4.69, 9.17) is 5.73 Å². The molecule has 1 aromatic heterocycles. The maximum atomic E-state index is 11.8. The van der Waals surface area contributed by atoms with Crippen LogP contribution >= 0.6 is 0 Å². The molecule has 1 heterocycles. The summed E-state index contributed by atoms with van der Waals surface area (Å²) in [7, 11) is 1.81. The summed E-state index contributed by atoms with van der Waals surface area (Å²) < 4.78 is 1.66. The number of aromatic hydroxyl groups is 1. The summed E-state index contributed by atoms with van der Waals surface area (Å²) in [5, 5.41) is 16.3. The van der Waals surface area contributed by atoms with Gasteiger partial charge >= 0.3 is 0 Å². The summed E-state index contributed by atoms with van der Waals surface area (Å²) in [6.07, 6.45) is 1.80. The van der Waals surface area contributed by atoms with Crippen LogP contribution in [0.3, 0.4) is 0 Å². The van der Waals surface area contributed by atoms with E-state index < -0.39 is 0 Å². The smallest absolute Gasteiger partial charge is 0.251 e. The molecular weight excluding hydrogens is 232 g/mol. The van der Waals surface area contributed by atoms with E-state index >= 15 is 0 Å². The normalized spacial score (nSPS) is 10.3. The van der Waals surface area contributed by atoms with Crippen molar-refractivity contribution in [3.63, 3.8) is 0 Å². The topological polar surface area (TPSA) is 93.2 Å². The van der Waals surface area contributed by atoms with Gasteiger partial charge in [0, 0.05) is 18.8 Å². The Labute approximate surface area is 104 Å². The number of amides is 1. The van der Waals surface area contributed by atoms with Crippen molar-refractivity contribution in [2.45, 2.75) is 6.54 Å². The first-order valence-electron chi connectivity index (χ1n) is 5.41. The van der Waals surface area contributed by atoms with Crippen molar-refractivity contribution in [3.8, 4) is 5.75 Å². The van der Waals surface area contributed by atoms with Crippen LogP contribution in [0.15, 0.2) is 30.5 Å². The van der Waals surface area contributed by atoms with E-state index in [-0.39, 0.29) is 17.3 Å². The second-order valence-corrected chi connectivity index (χ2v) is 3.94. The molecule has 0 aliphatic heterocycles. The molecule has 2 aromatic rings. The molecule has 6 heteroatoms. The van der Waals surface area contributed by atoms with Crippen molar-refractivity contribution in [3.05, 3.63) is 41.7 Å². The van der Waals surface area contributed by atoms with E-state index in [0.717, 1.165) is 5.69 Å². The number of nitrogens with zero attached hydrogens (tertiary/aromatic N) is 2. The summed E-state index contributed by atoms with van der Waals surface area (Å²) in [5.74, 6) is -0.378. The predicted octanol–water partition coefficient (Wildman–Crippen LogP) is 0.638. The van der Waals surface area contributed by atoms with Gasteiger partial charge in [0.1, 0.15) is 5.75 Å². The van der Waals surface area contributed by atoms with Crippen LogP contribution in [0.5, 0.6) is 5.75 Å². The van der Waals surface area contributed by atoms with Crippen molar-refractivity contribution in [1.29, 1.82) is 0 Å². The van der Waals surface area contributed by atoms with Gasteiger partial charge in [-0.25, -0.2) is 0 Å². The van der Waals surface area contributed by atoms with Crippen molar-refractivity contribution in [2.24, 2.45) is 7.05 Å². The second kappa shape index (κ2) is 4.79. The van der Waals surface area contributed by atoms with E-state index in [9.17, 15) is 9.90 Å². The van der Waals surface area contributed by atoms with E-state index in [2.05, 4.69) is 10.4 Å². The first kappa shape index (κ1) is 12.0. The van der Waals surface area contributed by atoms with Gasteiger partial charge < -0.3 is 16.2 Å². The van der Waals surface area contributed by atoms with Gasteiger partial charge in [-0.15, -0.1) is 0 Å². The average Bonchev–Trinajstić information content (AvgIpc) is 2.75. The quantitative estimate of drug-likeness (QED) is 0.547. The fraction of sp³-hybridized carbons (Fsp3) is 0.167. The highest BCUT2D eigenvalue weighted by Gasteiger charge is 2.08. The molecule has 2 rings (SSSR count). The lowest BCUT2D eigenvalue weighted by Crippen LogP contribution is -2.23. The van der Waals surface area contributed by atoms with Gasteiger partial charge in [0.2, 0.25) is 0 Å². The zero-order valence-electron chi connectivity index (χ0n) is 9.92. The maximum Gasteiger partial charge on any atom is 0.251 e. The third-order valence-corrected chi connectivity index (χ3v) is 2.49. The monoisotopic (exact) mass is 246 g/mol. The number of anilines is 1. The molecule has 0 saturated heterocycles. The molecule has 0 radical (unpaired) electrons. The van der Waals surface area contributed by atoms with Crippen molar-refractivity contribution in [1.82, 2.24) is 15.1 Å². The molecule has 0 unspecified atom stereocenters. The van der Waals surface area contributed by atoms with Gasteiger partial charge in [-0.2, -0.15) is 5.10 Å². The summed E-state index contributed by atoms with van der Waals surface area (Å²) in [5.41, 5.74) is 6.84. The Bertz CT molecular complexity index is 577. The molecule has 0 spiro atoms. The zero-order valence-corrected chi connectivity index (χ0v) is 9.92. The van der Waals surface area contributed by atoms with Gasteiger partial charge in [0.25, 0.3) is 5.91 Å². The molecule has 4 N–H and O–H groups in total. The van der Waals surface area contributed by atoms with Gasteiger partial charge in [-0.1, -0.05) is 0 Å². The lowest BCUT2D eigenvalue weighted by Gasteiger charge is -2.05. The Morgan fingerprint density at radius 3 is 2.89 bits per heavy atom.